The molecule has 0 bridgehead atoms. The van der Waals surface area contributed by atoms with Gasteiger partial charge in [-0.25, -0.2) is 4.79 Å². The van der Waals surface area contributed by atoms with Gasteiger partial charge in [0.25, 0.3) is 0 Å². The molecule has 1 atom stereocenters. The third-order valence-corrected chi connectivity index (χ3v) is 2.68. The maximum Gasteiger partial charge on any atom is 0.338 e. The van der Waals surface area contributed by atoms with Crippen LogP contribution in [0.25, 0.3) is 0 Å². The molecule has 0 radical (unpaired) electrons. The molecule has 110 valence electrons. The van der Waals surface area contributed by atoms with Crippen LogP contribution in [0.2, 0.25) is 0 Å². The smallest absolute Gasteiger partial charge is 0.338 e. The van der Waals surface area contributed by atoms with E-state index in [1.165, 1.54) is 12.1 Å². The average molecular weight is 280 g/mol. The van der Waals surface area contributed by atoms with Crippen LogP contribution in [0.3, 0.4) is 0 Å². The van der Waals surface area contributed by atoms with Crippen molar-refractivity contribution in [2.45, 2.75) is 26.9 Å². The van der Waals surface area contributed by atoms with Gasteiger partial charge in [0.05, 0.1) is 12.2 Å². The fourth-order valence-corrected chi connectivity index (χ4v) is 1.50. The van der Waals surface area contributed by atoms with Gasteiger partial charge in [-0.3, -0.25) is 4.79 Å². The second-order valence-corrected chi connectivity index (χ2v) is 5.59. The van der Waals surface area contributed by atoms with Gasteiger partial charge in [-0.2, -0.15) is 0 Å². The number of esters is 1. The number of hydrogen-bond donors (Lipinski definition) is 2. The summed E-state index contributed by atoms with van der Waals surface area (Å²) in [6.07, 6.45) is -1.08. The molecular formula is C15H20O5. The van der Waals surface area contributed by atoms with E-state index in [1.807, 2.05) is 20.8 Å². The van der Waals surface area contributed by atoms with E-state index in [-0.39, 0.29) is 12.4 Å². The summed E-state index contributed by atoms with van der Waals surface area (Å²) in [5, 5.41) is 17.7. The number of carbonyl (C=O) groups excluding carboxylic acids is 2. The van der Waals surface area contributed by atoms with Gasteiger partial charge in [0, 0.05) is 11.0 Å². The van der Waals surface area contributed by atoms with Gasteiger partial charge in [-0.1, -0.05) is 32.9 Å². The second-order valence-electron chi connectivity index (χ2n) is 5.59. The molecule has 0 heterocycles. The van der Waals surface area contributed by atoms with Crippen LogP contribution in [-0.4, -0.2) is 41.3 Å². The Morgan fingerprint density at radius 2 is 1.65 bits per heavy atom. The number of Topliss-reactive ketones (excluding diaryl/α,β-unsaturated/α-hetero) is 1. The number of aliphatic hydroxyl groups is 2. The zero-order chi connectivity index (χ0) is 15.3. The standard InChI is InChI=1S/C15H20O5/c1-15(2,3)13(18)10-4-6-11(7-5-10)14(19)20-9-12(17)8-16/h4-7,12,16-17H,8-9H2,1-3H3/t12-/m0/s1. The molecule has 1 aromatic rings. The van der Waals surface area contributed by atoms with Gasteiger partial charge in [-0.05, 0) is 12.1 Å². The molecule has 0 saturated carbocycles. The molecule has 2 N–H and O–H groups in total. The second kappa shape index (κ2) is 6.63. The Balaban J connectivity index is 2.72. The average Bonchev–Trinajstić information content (AvgIpc) is 2.42. The largest absolute Gasteiger partial charge is 0.459 e. The van der Waals surface area contributed by atoms with Crippen LogP contribution in [-0.2, 0) is 4.74 Å². The van der Waals surface area contributed by atoms with E-state index in [2.05, 4.69) is 0 Å². The molecule has 0 fully saturated rings. The Kier molecular flexibility index (Phi) is 5.42. The predicted molar refractivity (Wildman–Crippen MR) is 73.6 cm³/mol. The molecule has 0 unspecified atom stereocenters. The minimum atomic E-state index is -1.08. The molecular weight excluding hydrogens is 260 g/mol. The highest BCUT2D eigenvalue weighted by molar-refractivity contribution is 6.00. The van der Waals surface area contributed by atoms with Crippen molar-refractivity contribution in [3.63, 3.8) is 0 Å². The summed E-state index contributed by atoms with van der Waals surface area (Å²) in [6, 6.07) is 6.17. The van der Waals surface area contributed by atoms with Crippen molar-refractivity contribution in [3.05, 3.63) is 35.4 Å². The molecule has 1 rings (SSSR count). The summed E-state index contributed by atoms with van der Waals surface area (Å²) in [6.45, 7) is 4.75. The van der Waals surface area contributed by atoms with E-state index in [4.69, 9.17) is 14.9 Å². The number of ketones is 1. The van der Waals surface area contributed by atoms with Crippen molar-refractivity contribution in [1.29, 1.82) is 0 Å². The van der Waals surface area contributed by atoms with Crippen LogP contribution in [0, 0.1) is 5.41 Å². The quantitative estimate of drug-likeness (QED) is 0.629. The van der Waals surface area contributed by atoms with Crippen LogP contribution < -0.4 is 0 Å². The van der Waals surface area contributed by atoms with Crippen molar-refractivity contribution in [1.82, 2.24) is 0 Å². The summed E-state index contributed by atoms with van der Waals surface area (Å²) in [7, 11) is 0. The monoisotopic (exact) mass is 280 g/mol. The Labute approximate surface area is 118 Å². The first-order chi connectivity index (χ1) is 9.25. The lowest BCUT2D eigenvalue weighted by atomic mass is 9.86. The van der Waals surface area contributed by atoms with E-state index in [0.29, 0.717) is 11.1 Å². The number of benzene rings is 1. The summed E-state index contributed by atoms with van der Waals surface area (Å²) < 4.78 is 4.81. The highest BCUT2D eigenvalue weighted by Crippen LogP contribution is 2.21. The van der Waals surface area contributed by atoms with Crippen LogP contribution in [0.15, 0.2) is 24.3 Å². The number of rotatable bonds is 5. The molecule has 0 spiro atoms. The van der Waals surface area contributed by atoms with Crippen LogP contribution in [0.5, 0.6) is 0 Å². The molecule has 0 aromatic heterocycles. The van der Waals surface area contributed by atoms with Gasteiger partial charge in [0.1, 0.15) is 12.7 Å². The van der Waals surface area contributed by atoms with Crippen molar-refractivity contribution >= 4 is 11.8 Å². The minimum Gasteiger partial charge on any atom is -0.459 e. The molecule has 1 aromatic carbocycles. The van der Waals surface area contributed by atoms with Gasteiger partial charge >= 0.3 is 5.97 Å². The predicted octanol–water partition coefficient (Wildman–Crippen LogP) is 1.43. The highest BCUT2D eigenvalue weighted by atomic mass is 16.5. The maximum absolute atomic E-state index is 12.0. The number of hydrogen-bond acceptors (Lipinski definition) is 5. The van der Waals surface area contributed by atoms with E-state index in [9.17, 15) is 9.59 Å². The molecule has 0 aliphatic carbocycles. The lowest BCUT2D eigenvalue weighted by molar-refractivity contribution is 0.00932. The topological polar surface area (TPSA) is 83.8 Å². The first kappa shape index (κ1) is 16.3. The normalized spacial score (nSPS) is 12.8. The summed E-state index contributed by atoms with van der Waals surface area (Å²) in [5.41, 5.74) is 0.345. The number of ether oxygens (including phenoxy) is 1. The van der Waals surface area contributed by atoms with Crippen molar-refractivity contribution in [3.8, 4) is 0 Å². The zero-order valence-electron chi connectivity index (χ0n) is 11.9. The van der Waals surface area contributed by atoms with Gasteiger partial charge < -0.3 is 14.9 Å². The summed E-state index contributed by atoms with van der Waals surface area (Å²) >= 11 is 0. The van der Waals surface area contributed by atoms with E-state index >= 15 is 0 Å². The maximum atomic E-state index is 12.0. The molecule has 0 saturated heterocycles. The molecule has 20 heavy (non-hydrogen) atoms. The van der Waals surface area contributed by atoms with Crippen molar-refractivity contribution < 1.29 is 24.5 Å². The van der Waals surface area contributed by atoms with E-state index in [0.717, 1.165) is 0 Å². The first-order valence-corrected chi connectivity index (χ1v) is 6.36. The molecule has 0 aliphatic heterocycles. The fraction of sp³-hybridized carbons (Fsp3) is 0.467. The third-order valence-electron chi connectivity index (χ3n) is 2.68. The highest BCUT2D eigenvalue weighted by Gasteiger charge is 2.23. The Hall–Kier alpha value is -1.72. The summed E-state index contributed by atoms with van der Waals surface area (Å²) in [4.78, 5) is 23.7. The number of aliphatic hydroxyl groups excluding tert-OH is 2. The number of carbonyl (C=O) groups is 2. The molecule has 5 nitrogen and oxygen atoms in total. The van der Waals surface area contributed by atoms with E-state index in [1.54, 1.807) is 12.1 Å². The SMILES string of the molecule is CC(C)(C)C(=O)c1ccc(C(=O)OC[C@@H](O)CO)cc1. The lowest BCUT2D eigenvalue weighted by Gasteiger charge is -2.16. The van der Waals surface area contributed by atoms with E-state index < -0.39 is 24.1 Å². The molecule has 5 heteroatoms. The first-order valence-electron chi connectivity index (χ1n) is 6.36. The van der Waals surface area contributed by atoms with Gasteiger partial charge in [-0.15, -0.1) is 0 Å². The Morgan fingerprint density at radius 3 is 2.10 bits per heavy atom. The van der Waals surface area contributed by atoms with Crippen LogP contribution in [0.1, 0.15) is 41.5 Å². The molecule has 0 amide bonds. The summed E-state index contributed by atoms with van der Waals surface area (Å²) in [5.74, 6) is -0.611. The van der Waals surface area contributed by atoms with Gasteiger partial charge in [0.2, 0.25) is 0 Å². The van der Waals surface area contributed by atoms with Crippen molar-refractivity contribution in [2.24, 2.45) is 5.41 Å². The fourth-order valence-electron chi connectivity index (χ4n) is 1.50. The Morgan fingerprint density at radius 1 is 1.15 bits per heavy atom. The van der Waals surface area contributed by atoms with Crippen LogP contribution in [0.4, 0.5) is 0 Å². The van der Waals surface area contributed by atoms with Gasteiger partial charge in [0.15, 0.2) is 5.78 Å². The lowest BCUT2D eigenvalue weighted by Crippen LogP contribution is -2.22. The molecule has 0 aliphatic rings. The Bertz CT molecular complexity index is 470. The minimum absolute atomic E-state index is 0.00637. The zero-order valence-corrected chi connectivity index (χ0v) is 11.9. The van der Waals surface area contributed by atoms with Crippen LogP contribution >= 0.6 is 0 Å². The van der Waals surface area contributed by atoms with Crippen molar-refractivity contribution in [2.75, 3.05) is 13.2 Å². The third kappa shape index (κ3) is 4.43.